The van der Waals surface area contributed by atoms with Crippen LogP contribution in [0.25, 0.3) is 0 Å². The summed E-state index contributed by atoms with van der Waals surface area (Å²) in [5.74, 6) is 0.719. The van der Waals surface area contributed by atoms with Gasteiger partial charge in [-0.2, -0.15) is 0 Å². The topological polar surface area (TPSA) is 95.1 Å². The number of rotatable bonds is 8. The van der Waals surface area contributed by atoms with Crippen LogP contribution in [0.15, 0.2) is 60.7 Å². The van der Waals surface area contributed by atoms with E-state index in [2.05, 4.69) is 10.6 Å². The molecule has 0 spiro atoms. The molecule has 0 aromatic heterocycles. The molecular formula is C24H24N2O6. The number of hydrogen-bond donors (Lipinski definition) is 2. The molecule has 0 aliphatic carbocycles. The van der Waals surface area contributed by atoms with Crippen molar-refractivity contribution in [3.63, 3.8) is 0 Å². The van der Waals surface area contributed by atoms with Gasteiger partial charge in [-0.05, 0) is 42.5 Å². The first kappa shape index (κ1) is 22.5. The molecule has 0 atom stereocenters. The summed E-state index contributed by atoms with van der Waals surface area (Å²) in [7, 11) is 5.92. The third kappa shape index (κ3) is 4.75. The Bertz CT molecular complexity index is 1000. The van der Waals surface area contributed by atoms with Gasteiger partial charge < -0.3 is 29.6 Å². The highest BCUT2D eigenvalue weighted by atomic mass is 16.5. The lowest BCUT2D eigenvalue weighted by Crippen LogP contribution is -2.16. The summed E-state index contributed by atoms with van der Waals surface area (Å²) < 4.78 is 21.2. The molecule has 2 amide bonds. The molecule has 0 aliphatic heterocycles. The molecule has 0 unspecified atom stereocenters. The van der Waals surface area contributed by atoms with Crippen LogP contribution in [0.2, 0.25) is 0 Å². The number of amides is 2. The van der Waals surface area contributed by atoms with Crippen LogP contribution in [0.4, 0.5) is 11.4 Å². The van der Waals surface area contributed by atoms with Gasteiger partial charge in [0.2, 0.25) is 0 Å². The van der Waals surface area contributed by atoms with Crippen LogP contribution >= 0.6 is 0 Å². The second-order valence-corrected chi connectivity index (χ2v) is 6.56. The highest BCUT2D eigenvalue weighted by molar-refractivity contribution is 6.10. The minimum absolute atomic E-state index is 0.269. The van der Waals surface area contributed by atoms with Crippen molar-refractivity contribution in [1.29, 1.82) is 0 Å². The second kappa shape index (κ2) is 10.2. The number of ether oxygens (including phenoxy) is 4. The number of anilines is 2. The summed E-state index contributed by atoms with van der Waals surface area (Å²) in [4.78, 5) is 25.8. The summed E-state index contributed by atoms with van der Waals surface area (Å²) in [6, 6.07) is 16.9. The van der Waals surface area contributed by atoms with Crippen LogP contribution in [0, 0.1) is 0 Å². The molecule has 2 N–H and O–H groups in total. The number of methoxy groups -OCH3 is 4. The van der Waals surface area contributed by atoms with Crippen molar-refractivity contribution < 1.29 is 28.5 Å². The van der Waals surface area contributed by atoms with Gasteiger partial charge in [0.1, 0.15) is 34.1 Å². The van der Waals surface area contributed by atoms with E-state index in [1.807, 2.05) is 0 Å². The van der Waals surface area contributed by atoms with Gasteiger partial charge in [0.05, 0.1) is 28.4 Å². The first-order valence-corrected chi connectivity index (χ1v) is 9.67. The van der Waals surface area contributed by atoms with E-state index in [1.54, 1.807) is 60.7 Å². The minimum Gasteiger partial charge on any atom is -0.496 e. The van der Waals surface area contributed by atoms with Gasteiger partial charge in [-0.1, -0.05) is 18.2 Å². The average molecular weight is 436 g/mol. The van der Waals surface area contributed by atoms with Crippen LogP contribution in [-0.2, 0) is 0 Å². The van der Waals surface area contributed by atoms with Gasteiger partial charge in [0, 0.05) is 11.4 Å². The summed E-state index contributed by atoms with van der Waals surface area (Å²) in [5.41, 5.74) is 1.50. The van der Waals surface area contributed by atoms with Crippen molar-refractivity contribution in [3.05, 3.63) is 71.8 Å². The zero-order valence-corrected chi connectivity index (χ0v) is 18.2. The minimum atomic E-state index is -0.408. The third-order valence-corrected chi connectivity index (χ3v) is 4.69. The predicted octanol–water partition coefficient (Wildman–Crippen LogP) is 4.23. The molecule has 8 nitrogen and oxygen atoms in total. The number of carbonyl (C=O) groups excluding carboxylic acids is 2. The van der Waals surface area contributed by atoms with Gasteiger partial charge in [0.25, 0.3) is 11.8 Å². The predicted molar refractivity (Wildman–Crippen MR) is 121 cm³/mol. The van der Waals surface area contributed by atoms with E-state index in [-0.39, 0.29) is 11.1 Å². The summed E-state index contributed by atoms with van der Waals surface area (Å²) in [6.45, 7) is 0. The fraction of sp³-hybridized carbons (Fsp3) is 0.167. The molecule has 8 heteroatoms. The SMILES string of the molecule is COc1cccc(OC)c1C(=O)Nc1cccc(NC(=O)c2c(OC)cccc2OC)c1. The zero-order valence-electron chi connectivity index (χ0n) is 18.2. The number of carbonyl (C=O) groups is 2. The van der Waals surface area contributed by atoms with Crippen molar-refractivity contribution in [2.24, 2.45) is 0 Å². The summed E-state index contributed by atoms with van der Waals surface area (Å²) >= 11 is 0. The lowest BCUT2D eigenvalue weighted by Gasteiger charge is -2.15. The molecule has 0 aliphatic rings. The molecule has 3 rings (SSSR count). The van der Waals surface area contributed by atoms with Crippen LogP contribution in [0.5, 0.6) is 23.0 Å². The van der Waals surface area contributed by atoms with Gasteiger partial charge in [0.15, 0.2) is 0 Å². The highest BCUT2D eigenvalue weighted by Gasteiger charge is 2.20. The summed E-state index contributed by atoms with van der Waals surface area (Å²) in [6.07, 6.45) is 0. The van der Waals surface area contributed by atoms with Gasteiger partial charge in [-0.25, -0.2) is 0 Å². The average Bonchev–Trinajstić information content (AvgIpc) is 2.82. The molecule has 0 saturated heterocycles. The first-order valence-electron chi connectivity index (χ1n) is 9.67. The Hall–Kier alpha value is -4.20. The Morgan fingerprint density at radius 1 is 0.562 bits per heavy atom. The lowest BCUT2D eigenvalue weighted by molar-refractivity contribution is 0.101. The molecule has 3 aromatic rings. The molecule has 166 valence electrons. The van der Waals surface area contributed by atoms with Crippen molar-refractivity contribution in [2.45, 2.75) is 0 Å². The van der Waals surface area contributed by atoms with E-state index in [0.29, 0.717) is 34.4 Å². The fourth-order valence-corrected chi connectivity index (χ4v) is 3.21. The third-order valence-electron chi connectivity index (χ3n) is 4.69. The molecular weight excluding hydrogens is 412 g/mol. The van der Waals surface area contributed by atoms with Crippen molar-refractivity contribution in [2.75, 3.05) is 39.1 Å². The molecule has 3 aromatic carbocycles. The van der Waals surface area contributed by atoms with Crippen molar-refractivity contribution >= 4 is 23.2 Å². The first-order chi connectivity index (χ1) is 15.5. The Morgan fingerprint density at radius 3 is 1.19 bits per heavy atom. The maximum Gasteiger partial charge on any atom is 0.263 e. The Kier molecular flexibility index (Phi) is 7.17. The molecule has 0 bridgehead atoms. The van der Waals surface area contributed by atoms with Crippen LogP contribution in [0.1, 0.15) is 20.7 Å². The Labute approximate surface area is 186 Å². The van der Waals surface area contributed by atoms with Crippen LogP contribution in [0.3, 0.4) is 0 Å². The number of nitrogens with one attached hydrogen (secondary N) is 2. The van der Waals surface area contributed by atoms with Crippen molar-refractivity contribution in [3.8, 4) is 23.0 Å². The maximum atomic E-state index is 12.9. The van der Waals surface area contributed by atoms with Gasteiger partial charge in [-0.3, -0.25) is 9.59 Å². The van der Waals surface area contributed by atoms with E-state index >= 15 is 0 Å². The molecule has 0 radical (unpaired) electrons. The van der Waals surface area contributed by atoms with Gasteiger partial charge >= 0.3 is 0 Å². The van der Waals surface area contributed by atoms with Crippen molar-refractivity contribution in [1.82, 2.24) is 0 Å². The monoisotopic (exact) mass is 436 g/mol. The molecule has 0 saturated carbocycles. The standard InChI is InChI=1S/C24H24N2O6/c1-29-17-10-6-11-18(30-2)21(17)23(27)25-15-8-5-9-16(14-15)26-24(28)22-19(31-3)12-7-13-20(22)32-4/h5-14H,1-4H3,(H,25,27)(H,26,28). The Balaban J connectivity index is 1.83. The van der Waals surface area contributed by atoms with E-state index in [4.69, 9.17) is 18.9 Å². The van der Waals surface area contributed by atoms with E-state index in [9.17, 15) is 9.59 Å². The maximum absolute atomic E-state index is 12.9. The Morgan fingerprint density at radius 2 is 0.875 bits per heavy atom. The number of hydrogen-bond acceptors (Lipinski definition) is 6. The van der Waals surface area contributed by atoms with E-state index < -0.39 is 11.8 Å². The second-order valence-electron chi connectivity index (χ2n) is 6.56. The smallest absolute Gasteiger partial charge is 0.263 e. The summed E-state index contributed by atoms with van der Waals surface area (Å²) in [5, 5.41) is 5.61. The van der Waals surface area contributed by atoms with Crippen LogP contribution < -0.4 is 29.6 Å². The van der Waals surface area contributed by atoms with Gasteiger partial charge in [-0.15, -0.1) is 0 Å². The largest absolute Gasteiger partial charge is 0.496 e. The van der Waals surface area contributed by atoms with Crippen LogP contribution in [-0.4, -0.2) is 40.3 Å². The van der Waals surface area contributed by atoms with E-state index in [1.165, 1.54) is 28.4 Å². The quantitative estimate of drug-likeness (QED) is 0.549. The molecule has 0 heterocycles. The normalized spacial score (nSPS) is 10.1. The number of benzene rings is 3. The zero-order chi connectivity index (χ0) is 23.1. The molecule has 32 heavy (non-hydrogen) atoms. The van der Waals surface area contributed by atoms with E-state index in [0.717, 1.165) is 0 Å². The molecule has 0 fully saturated rings. The fourth-order valence-electron chi connectivity index (χ4n) is 3.21. The lowest BCUT2D eigenvalue weighted by atomic mass is 10.1. The highest BCUT2D eigenvalue weighted by Crippen LogP contribution is 2.31.